The summed E-state index contributed by atoms with van der Waals surface area (Å²) in [5, 5.41) is 4.80. The van der Waals surface area contributed by atoms with Gasteiger partial charge < -0.3 is 5.43 Å². The Balaban J connectivity index is 1.40. The van der Waals surface area contributed by atoms with Gasteiger partial charge in [-0.05, 0) is 59.7 Å². The van der Waals surface area contributed by atoms with E-state index in [0.717, 1.165) is 47.1 Å². The lowest BCUT2D eigenvalue weighted by molar-refractivity contribution is 0.250. The van der Waals surface area contributed by atoms with E-state index in [1.807, 2.05) is 65.3 Å². The summed E-state index contributed by atoms with van der Waals surface area (Å²) in [5.41, 5.74) is 22.9. The van der Waals surface area contributed by atoms with Gasteiger partial charge in [0.05, 0.1) is 17.1 Å². The summed E-state index contributed by atoms with van der Waals surface area (Å²) < 4.78 is 0. The van der Waals surface area contributed by atoms with Crippen molar-refractivity contribution in [2.75, 3.05) is 21.9 Å². The number of amides is 2. The summed E-state index contributed by atoms with van der Waals surface area (Å²) >= 11 is 1.94. The first-order valence-electron chi connectivity index (χ1n) is 10.1. The summed E-state index contributed by atoms with van der Waals surface area (Å²) in [7, 11) is 0. The molecule has 0 saturated carbocycles. The van der Waals surface area contributed by atoms with Crippen molar-refractivity contribution in [2.24, 2.45) is 15.9 Å². The molecule has 4 rings (SSSR count). The Morgan fingerprint density at radius 3 is 2.69 bits per heavy atom. The fraction of sp³-hybridized carbons (Fsp3) is 0.300. The van der Waals surface area contributed by atoms with Gasteiger partial charge in [-0.3, -0.25) is 20.7 Å². The standard InChI is InChI=1S/C20H24N10OS/c21-29-28-19(31)27-25-15-7-5-14(6-8-15)13-23-26-18-20(9-11-32-12-10-20)30(22)17-4-2-1-3-16(17)24-18/h1-8,23,25H,9-13,22H2,(H,24,26)(H,27,31). The number of benzene rings is 2. The molecule has 12 heteroatoms. The maximum atomic E-state index is 11.2. The molecule has 0 unspecified atom stereocenters. The van der Waals surface area contributed by atoms with E-state index in [1.54, 1.807) is 0 Å². The molecule has 2 heterocycles. The number of rotatable bonds is 5. The Morgan fingerprint density at radius 1 is 1.19 bits per heavy atom. The monoisotopic (exact) mass is 452 g/mol. The molecular formula is C20H24N10OS. The molecule has 2 amide bonds. The summed E-state index contributed by atoms with van der Waals surface area (Å²) in [4.78, 5) is 18.5. The minimum absolute atomic E-state index is 0.357. The number of nitrogens with two attached hydrogens (primary N) is 1. The van der Waals surface area contributed by atoms with Gasteiger partial charge in [-0.25, -0.2) is 16.3 Å². The number of azide groups is 1. The third kappa shape index (κ3) is 4.58. The van der Waals surface area contributed by atoms with Gasteiger partial charge in [0.25, 0.3) is 0 Å². The first-order valence-corrected chi connectivity index (χ1v) is 11.3. The van der Waals surface area contributed by atoms with Crippen molar-refractivity contribution >= 4 is 40.7 Å². The summed E-state index contributed by atoms with van der Waals surface area (Å²) in [5.74, 6) is 9.52. The largest absolute Gasteiger partial charge is 0.326 e. The van der Waals surface area contributed by atoms with Crippen molar-refractivity contribution in [3.8, 4) is 0 Å². The van der Waals surface area contributed by atoms with Crippen LogP contribution in [0, 0.1) is 0 Å². The molecule has 0 aliphatic carbocycles. The molecule has 11 nitrogen and oxygen atoms in total. The minimum Gasteiger partial charge on any atom is -0.307 e. The SMILES string of the molecule is [N-]=[N+]=NC(=O)NNc1ccc(CNNC2=Nc3ccccc3N(N)C23CCSCC3)cc1. The van der Waals surface area contributed by atoms with Crippen molar-refractivity contribution < 1.29 is 4.79 Å². The van der Waals surface area contributed by atoms with Crippen molar-refractivity contribution in [3.05, 3.63) is 64.5 Å². The maximum absolute atomic E-state index is 11.2. The van der Waals surface area contributed by atoms with Crippen LogP contribution in [0.25, 0.3) is 10.4 Å². The molecule has 1 spiro atoms. The molecule has 1 fully saturated rings. The highest BCUT2D eigenvalue weighted by molar-refractivity contribution is 7.99. The van der Waals surface area contributed by atoms with E-state index in [0.29, 0.717) is 12.2 Å². The van der Waals surface area contributed by atoms with E-state index in [4.69, 9.17) is 16.4 Å². The number of urea groups is 1. The van der Waals surface area contributed by atoms with Crippen LogP contribution in [0.1, 0.15) is 18.4 Å². The van der Waals surface area contributed by atoms with Crippen LogP contribution in [0.15, 0.2) is 58.6 Å². The third-order valence-corrected chi connectivity index (χ3v) is 6.48. The number of amidine groups is 1. The van der Waals surface area contributed by atoms with E-state index in [9.17, 15) is 4.79 Å². The zero-order valence-electron chi connectivity index (χ0n) is 17.3. The Labute approximate surface area is 189 Å². The molecule has 2 aromatic rings. The number of nitrogens with one attached hydrogen (secondary N) is 4. The average Bonchev–Trinajstić information content (AvgIpc) is 2.83. The molecule has 2 aliphatic heterocycles. The van der Waals surface area contributed by atoms with Crippen molar-refractivity contribution in [2.45, 2.75) is 24.9 Å². The lowest BCUT2D eigenvalue weighted by atomic mass is 9.87. The molecule has 0 aromatic heterocycles. The molecule has 166 valence electrons. The van der Waals surface area contributed by atoms with Gasteiger partial charge in [0.2, 0.25) is 0 Å². The van der Waals surface area contributed by atoms with E-state index < -0.39 is 6.03 Å². The van der Waals surface area contributed by atoms with E-state index >= 15 is 0 Å². The number of para-hydroxylation sites is 2. The van der Waals surface area contributed by atoms with Crippen LogP contribution >= 0.6 is 11.8 Å². The lowest BCUT2D eigenvalue weighted by Crippen LogP contribution is -2.66. The zero-order valence-corrected chi connectivity index (χ0v) is 18.1. The molecule has 6 N–H and O–H groups in total. The second kappa shape index (κ2) is 9.79. The van der Waals surface area contributed by atoms with E-state index in [2.05, 4.69) is 31.7 Å². The minimum atomic E-state index is -0.804. The molecule has 32 heavy (non-hydrogen) atoms. The van der Waals surface area contributed by atoms with E-state index in [1.165, 1.54) is 0 Å². The van der Waals surface area contributed by atoms with Gasteiger partial charge in [-0.2, -0.15) is 11.8 Å². The molecular weight excluding hydrogens is 428 g/mol. The fourth-order valence-corrected chi connectivity index (χ4v) is 4.96. The van der Waals surface area contributed by atoms with Gasteiger partial charge in [-0.1, -0.05) is 24.3 Å². The topological polar surface area (TPSA) is 156 Å². The Bertz CT molecular complexity index is 1040. The summed E-state index contributed by atoms with van der Waals surface area (Å²) in [6.45, 7) is 0.557. The highest BCUT2D eigenvalue weighted by atomic mass is 32.2. The molecule has 0 radical (unpaired) electrons. The summed E-state index contributed by atoms with van der Waals surface area (Å²) in [6, 6.07) is 14.6. The number of thioether (sulfide) groups is 1. The Morgan fingerprint density at radius 2 is 1.94 bits per heavy atom. The quantitative estimate of drug-likeness (QED) is 0.153. The first kappa shape index (κ1) is 21.8. The van der Waals surface area contributed by atoms with E-state index in [-0.39, 0.29) is 5.54 Å². The highest BCUT2D eigenvalue weighted by Crippen LogP contribution is 2.42. The van der Waals surface area contributed by atoms with Crippen LogP contribution in [0.2, 0.25) is 0 Å². The van der Waals surface area contributed by atoms with Gasteiger partial charge in [0.15, 0.2) is 0 Å². The van der Waals surface area contributed by atoms with Gasteiger partial charge >= 0.3 is 6.03 Å². The maximum Gasteiger partial charge on any atom is 0.326 e. The predicted octanol–water partition coefficient (Wildman–Crippen LogP) is 3.32. The first-order chi connectivity index (χ1) is 15.6. The number of anilines is 2. The number of carbonyl (C=O) groups excluding carboxylic acids is 1. The fourth-order valence-electron chi connectivity index (χ4n) is 3.79. The van der Waals surface area contributed by atoms with Crippen molar-refractivity contribution in [1.29, 1.82) is 0 Å². The Hall–Kier alpha value is -3.44. The smallest absolute Gasteiger partial charge is 0.307 e. The van der Waals surface area contributed by atoms with Crippen LogP contribution < -0.4 is 32.6 Å². The normalized spacial score (nSPS) is 16.4. The molecule has 2 aliphatic rings. The molecule has 2 aromatic carbocycles. The molecule has 0 bridgehead atoms. The summed E-state index contributed by atoms with van der Waals surface area (Å²) in [6.07, 6.45) is 1.83. The molecule has 1 saturated heterocycles. The average molecular weight is 453 g/mol. The highest BCUT2D eigenvalue weighted by Gasteiger charge is 2.45. The van der Waals surface area contributed by atoms with Gasteiger partial charge in [0.1, 0.15) is 11.4 Å². The second-order valence-electron chi connectivity index (χ2n) is 7.38. The number of hydrogen-bond donors (Lipinski definition) is 5. The zero-order chi connectivity index (χ0) is 22.4. The number of fused-ring (bicyclic) bond motifs is 1. The number of hydrogen-bond acceptors (Lipinski definition) is 8. The van der Waals surface area contributed by atoms with Crippen molar-refractivity contribution in [3.63, 3.8) is 0 Å². The van der Waals surface area contributed by atoms with Crippen molar-refractivity contribution in [1.82, 2.24) is 16.3 Å². The number of hydrazine groups is 3. The van der Waals surface area contributed by atoms with Crippen LogP contribution in [-0.4, -0.2) is 28.9 Å². The van der Waals surface area contributed by atoms with Crippen LogP contribution in [0.5, 0.6) is 0 Å². The van der Waals surface area contributed by atoms with Gasteiger partial charge in [0, 0.05) is 16.6 Å². The van der Waals surface area contributed by atoms with Crippen LogP contribution in [0.3, 0.4) is 0 Å². The number of aliphatic imine (C=N–C) groups is 1. The predicted molar refractivity (Wildman–Crippen MR) is 127 cm³/mol. The Kier molecular flexibility index (Phi) is 6.66. The van der Waals surface area contributed by atoms with Gasteiger partial charge in [-0.15, -0.1) is 0 Å². The second-order valence-corrected chi connectivity index (χ2v) is 8.61. The number of nitrogens with zero attached hydrogens (tertiary/aromatic N) is 5. The lowest BCUT2D eigenvalue weighted by Gasteiger charge is -2.47. The van der Waals surface area contributed by atoms with Crippen LogP contribution in [-0.2, 0) is 6.54 Å². The van der Waals surface area contributed by atoms with Crippen LogP contribution in [0.4, 0.5) is 21.9 Å². The third-order valence-electron chi connectivity index (χ3n) is 5.50. The molecule has 0 atom stereocenters. The number of carbonyl (C=O) groups is 1.